The minimum Gasteiger partial charge on any atom is -0.481 e. The van der Waals surface area contributed by atoms with E-state index in [9.17, 15) is 18.0 Å². The van der Waals surface area contributed by atoms with Crippen LogP contribution in [-0.2, 0) is 11.0 Å². The molecule has 1 aromatic heterocycles. The van der Waals surface area contributed by atoms with Crippen LogP contribution in [0.4, 0.5) is 19.0 Å². The van der Waals surface area contributed by atoms with Gasteiger partial charge in [-0.25, -0.2) is 4.68 Å². The normalized spacial score (nSPS) is 11.1. The average molecular weight is 359 g/mol. The van der Waals surface area contributed by atoms with E-state index in [0.29, 0.717) is 0 Å². The highest BCUT2D eigenvalue weighted by molar-refractivity contribution is 6.32. The Bertz CT molecular complexity index is 811. The second-order valence-corrected chi connectivity index (χ2v) is 5.07. The molecule has 0 spiro atoms. The van der Waals surface area contributed by atoms with Gasteiger partial charge in [-0.05, 0) is 18.2 Å². The fraction of sp³-hybridized carbons (Fsp3) is 0.214. The topological polar surface area (TPSA) is 90.9 Å². The minimum absolute atomic E-state index is 0.00790. The fourth-order valence-electron chi connectivity index (χ4n) is 1.93. The van der Waals surface area contributed by atoms with Crippen LogP contribution in [0.3, 0.4) is 0 Å². The molecule has 126 valence electrons. The van der Waals surface area contributed by atoms with Crippen LogP contribution in [-0.4, -0.2) is 27.4 Å². The van der Waals surface area contributed by atoms with Crippen molar-refractivity contribution in [3.63, 3.8) is 0 Å². The first kappa shape index (κ1) is 17.6. The van der Waals surface area contributed by atoms with Crippen molar-refractivity contribution in [2.24, 2.45) is 0 Å². The van der Waals surface area contributed by atoms with E-state index in [0.717, 1.165) is 22.9 Å². The van der Waals surface area contributed by atoms with Crippen LogP contribution >= 0.6 is 11.6 Å². The largest absolute Gasteiger partial charge is 0.481 e. The molecule has 0 bridgehead atoms. The van der Waals surface area contributed by atoms with E-state index in [1.165, 1.54) is 6.20 Å². The van der Waals surface area contributed by atoms with Gasteiger partial charge in [0.25, 0.3) is 0 Å². The Morgan fingerprint density at radius 1 is 1.46 bits per heavy atom. The first-order valence-corrected chi connectivity index (χ1v) is 6.92. The number of halogens is 4. The van der Waals surface area contributed by atoms with Gasteiger partial charge in [0.1, 0.15) is 17.5 Å². The van der Waals surface area contributed by atoms with Crippen molar-refractivity contribution in [1.29, 1.82) is 5.26 Å². The van der Waals surface area contributed by atoms with Crippen LogP contribution in [0.5, 0.6) is 0 Å². The van der Waals surface area contributed by atoms with Crippen molar-refractivity contribution in [2.45, 2.75) is 12.6 Å². The van der Waals surface area contributed by atoms with Gasteiger partial charge in [-0.3, -0.25) is 4.79 Å². The molecule has 0 aliphatic carbocycles. The molecule has 2 rings (SSSR count). The zero-order valence-corrected chi connectivity index (χ0v) is 12.7. The smallest absolute Gasteiger partial charge is 0.416 e. The van der Waals surface area contributed by atoms with E-state index < -0.39 is 17.7 Å². The number of nitrogens with one attached hydrogen (secondary N) is 1. The molecule has 0 saturated heterocycles. The highest BCUT2D eigenvalue weighted by atomic mass is 35.5. The maximum atomic E-state index is 12.7. The van der Waals surface area contributed by atoms with Gasteiger partial charge < -0.3 is 10.4 Å². The molecular weight excluding hydrogens is 349 g/mol. The molecule has 0 fully saturated rings. The lowest BCUT2D eigenvalue weighted by molar-refractivity contribution is -0.138. The summed E-state index contributed by atoms with van der Waals surface area (Å²) in [6, 6.07) is 4.59. The van der Waals surface area contributed by atoms with Gasteiger partial charge in [-0.1, -0.05) is 11.6 Å². The van der Waals surface area contributed by atoms with Gasteiger partial charge in [0.2, 0.25) is 0 Å². The number of aromatic nitrogens is 2. The van der Waals surface area contributed by atoms with Crippen LogP contribution in [0.2, 0.25) is 5.02 Å². The Labute approximate surface area is 139 Å². The molecule has 2 aromatic rings. The van der Waals surface area contributed by atoms with Crippen LogP contribution < -0.4 is 5.32 Å². The molecule has 0 aliphatic rings. The Morgan fingerprint density at radius 3 is 2.71 bits per heavy atom. The summed E-state index contributed by atoms with van der Waals surface area (Å²) in [4.78, 5) is 10.6. The zero-order valence-electron chi connectivity index (χ0n) is 11.9. The third-order valence-corrected chi connectivity index (χ3v) is 3.33. The number of carbonyl (C=O) groups is 1. The molecule has 1 heterocycles. The minimum atomic E-state index is -4.54. The van der Waals surface area contributed by atoms with Crippen LogP contribution in [0.1, 0.15) is 17.5 Å². The molecule has 0 unspecified atom stereocenters. The number of nitriles is 1. The van der Waals surface area contributed by atoms with E-state index in [1.54, 1.807) is 0 Å². The summed E-state index contributed by atoms with van der Waals surface area (Å²) in [6.45, 7) is 0.00790. The first-order chi connectivity index (χ1) is 11.2. The van der Waals surface area contributed by atoms with E-state index in [1.807, 2.05) is 6.07 Å². The predicted molar refractivity (Wildman–Crippen MR) is 79.0 cm³/mol. The second kappa shape index (κ2) is 6.80. The Hall–Kier alpha value is -2.73. The third kappa shape index (κ3) is 3.78. The van der Waals surface area contributed by atoms with Gasteiger partial charge in [0.15, 0.2) is 0 Å². The molecule has 0 atom stereocenters. The summed E-state index contributed by atoms with van der Waals surface area (Å²) in [6.07, 6.45) is -3.54. The SMILES string of the molecule is N#Cc1cnn(-c2ccc(C(F)(F)F)cc2Cl)c1NCCC(=O)O. The van der Waals surface area contributed by atoms with Crippen molar-refractivity contribution in [3.05, 3.63) is 40.5 Å². The monoisotopic (exact) mass is 358 g/mol. The summed E-state index contributed by atoms with van der Waals surface area (Å²) in [5, 5.41) is 24.2. The van der Waals surface area contributed by atoms with Gasteiger partial charge in [-0.2, -0.15) is 23.5 Å². The van der Waals surface area contributed by atoms with Crippen molar-refractivity contribution in [3.8, 4) is 11.8 Å². The van der Waals surface area contributed by atoms with E-state index >= 15 is 0 Å². The third-order valence-electron chi connectivity index (χ3n) is 3.02. The quantitative estimate of drug-likeness (QED) is 0.855. The number of nitrogens with zero attached hydrogens (tertiary/aromatic N) is 3. The van der Waals surface area contributed by atoms with Crippen LogP contribution in [0.25, 0.3) is 5.69 Å². The number of anilines is 1. The summed E-state index contributed by atoms with van der Waals surface area (Å²) >= 11 is 5.91. The summed E-state index contributed by atoms with van der Waals surface area (Å²) < 4.78 is 39.2. The lowest BCUT2D eigenvalue weighted by Gasteiger charge is -2.13. The molecule has 0 saturated carbocycles. The summed E-state index contributed by atoms with van der Waals surface area (Å²) in [5.41, 5.74) is -0.676. The molecule has 2 N–H and O–H groups in total. The second-order valence-electron chi connectivity index (χ2n) is 4.66. The number of benzene rings is 1. The Balaban J connectivity index is 2.40. The molecule has 0 amide bonds. The highest BCUT2D eigenvalue weighted by Crippen LogP contribution is 2.34. The van der Waals surface area contributed by atoms with E-state index in [4.69, 9.17) is 22.0 Å². The van der Waals surface area contributed by atoms with Gasteiger partial charge in [-0.15, -0.1) is 0 Å². The number of rotatable bonds is 5. The predicted octanol–water partition coefficient (Wildman–Crippen LogP) is 3.30. The fourth-order valence-corrected chi connectivity index (χ4v) is 2.19. The number of alkyl halides is 3. The molecule has 0 radical (unpaired) electrons. The standard InChI is InChI=1S/C14H10ClF3N4O2/c15-10-5-9(14(16,17)18)1-2-11(10)22-13(8(6-19)7-21-22)20-4-3-12(23)24/h1-2,5,7,20H,3-4H2,(H,23,24). The van der Waals surface area contributed by atoms with Crippen molar-refractivity contribution in [2.75, 3.05) is 11.9 Å². The van der Waals surface area contributed by atoms with Crippen molar-refractivity contribution in [1.82, 2.24) is 9.78 Å². The number of carboxylic acids is 1. The molecule has 0 aliphatic heterocycles. The zero-order chi connectivity index (χ0) is 17.9. The molecule has 6 nitrogen and oxygen atoms in total. The molecule has 1 aromatic carbocycles. The Kier molecular flexibility index (Phi) is 4.99. The van der Waals surface area contributed by atoms with Crippen LogP contribution in [0.15, 0.2) is 24.4 Å². The molecule has 10 heteroatoms. The van der Waals surface area contributed by atoms with E-state index in [2.05, 4.69) is 10.4 Å². The Morgan fingerprint density at radius 2 is 2.17 bits per heavy atom. The number of hydrogen-bond donors (Lipinski definition) is 2. The average Bonchev–Trinajstić information content (AvgIpc) is 2.88. The number of aliphatic carboxylic acids is 1. The first-order valence-electron chi connectivity index (χ1n) is 6.55. The summed E-state index contributed by atoms with van der Waals surface area (Å²) in [5.74, 6) is -0.889. The number of carboxylic acid groups (broad SMARTS) is 1. The number of hydrogen-bond acceptors (Lipinski definition) is 4. The van der Waals surface area contributed by atoms with Gasteiger partial charge in [0.05, 0.1) is 28.9 Å². The van der Waals surface area contributed by atoms with Gasteiger partial charge in [0, 0.05) is 6.54 Å². The maximum Gasteiger partial charge on any atom is 0.416 e. The van der Waals surface area contributed by atoms with Crippen LogP contribution in [0, 0.1) is 11.3 Å². The van der Waals surface area contributed by atoms with E-state index in [-0.39, 0.29) is 35.1 Å². The molecule has 24 heavy (non-hydrogen) atoms. The van der Waals surface area contributed by atoms with Crippen molar-refractivity contribution >= 4 is 23.4 Å². The summed E-state index contributed by atoms with van der Waals surface area (Å²) in [7, 11) is 0. The lowest BCUT2D eigenvalue weighted by Crippen LogP contribution is -2.12. The highest BCUT2D eigenvalue weighted by Gasteiger charge is 2.31. The van der Waals surface area contributed by atoms with Gasteiger partial charge >= 0.3 is 12.1 Å². The lowest BCUT2D eigenvalue weighted by atomic mass is 10.2. The maximum absolute atomic E-state index is 12.7. The molecular formula is C14H10ClF3N4O2. The van der Waals surface area contributed by atoms with Crippen molar-refractivity contribution < 1.29 is 23.1 Å².